The predicted molar refractivity (Wildman–Crippen MR) is 70.9 cm³/mol. The zero-order valence-electron chi connectivity index (χ0n) is 11.5. The maximum Gasteiger partial charge on any atom is 0.164 e. The van der Waals surface area contributed by atoms with Gasteiger partial charge in [0.15, 0.2) is 11.5 Å². The number of rotatable bonds is 6. The van der Waals surface area contributed by atoms with E-state index < -0.39 is 0 Å². The van der Waals surface area contributed by atoms with Crippen molar-refractivity contribution >= 4 is 0 Å². The van der Waals surface area contributed by atoms with Gasteiger partial charge in [-0.2, -0.15) is 0 Å². The Morgan fingerprint density at radius 3 is 2.00 bits per heavy atom. The number of hydrogen-bond donors (Lipinski definition) is 1. The summed E-state index contributed by atoms with van der Waals surface area (Å²) >= 11 is 0. The lowest BCUT2D eigenvalue weighted by molar-refractivity contribution is 0.345. The van der Waals surface area contributed by atoms with Gasteiger partial charge in [0.05, 0.1) is 21.3 Å². The second-order valence-electron chi connectivity index (χ2n) is 4.72. The molecular weight excluding hydrogens is 230 g/mol. The molecule has 1 aliphatic rings. The lowest BCUT2D eigenvalue weighted by Crippen LogP contribution is -2.24. The van der Waals surface area contributed by atoms with Crippen molar-refractivity contribution in [3.05, 3.63) is 17.7 Å². The lowest BCUT2D eigenvalue weighted by atomic mass is 9.94. The number of hydrogen-bond acceptors (Lipinski definition) is 4. The molecule has 0 amide bonds. The Morgan fingerprint density at radius 2 is 1.56 bits per heavy atom. The first-order valence-corrected chi connectivity index (χ1v) is 6.16. The standard InChI is InChI=1S/C14H21NO3/c1-15-9-14(5-6-14)10-7-12(17-3)13(18-4)8-11(10)16-2/h7-8,15H,5-6,9H2,1-4H3. The average Bonchev–Trinajstić information content (AvgIpc) is 3.18. The Bertz CT molecular complexity index is 427. The molecule has 2 rings (SSSR count). The van der Waals surface area contributed by atoms with Crippen LogP contribution in [0.25, 0.3) is 0 Å². The summed E-state index contributed by atoms with van der Waals surface area (Å²) in [5.74, 6) is 2.34. The largest absolute Gasteiger partial charge is 0.496 e. The van der Waals surface area contributed by atoms with Crippen LogP contribution in [0, 0.1) is 0 Å². The molecule has 0 heterocycles. The molecule has 18 heavy (non-hydrogen) atoms. The van der Waals surface area contributed by atoms with E-state index in [1.807, 2.05) is 19.2 Å². The van der Waals surface area contributed by atoms with E-state index in [1.54, 1.807) is 21.3 Å². The number of methoxy groups -OCH3 is 3. The van der Waals surface area contributed by atoms with E-state index in [-0.39, 0.29) is 5.41 Å². The van der Waals surface area contributed by atoms with Crippen molar-refractivity contribution in [2.24, 2.45) is 0 Å². The Balaban J connectivity index is 2.46. The highest BCUT2D eigenvalue weighted by atomic mass is 16.5. The van der Waals surface area contributed by atoms with Crippen LogP contribution in [-0.2, 0) is 5.41 Å². The second-order valence-corrected chi connectivity index (χ2v) is 4.72. The van der Waals surface area contributed by atoms with E-state index >= 15 is 0 Å². The quantitative estimate of drug-likeness (QED) is 0.839. The third-order valence-corrected chi connectivity index (χ3v) is 3.65. The summed E-state index contributed by atoms with van der Waals surface area (Å²) in [6.45, 7) is 0.957. The topological polar surface area (TPSA) is 39.7 Å². The molecular formula is C14H21NO3. The highest BCUT2D eigenvalue weighted by Gasteiger charge is 2.46. The van der Waals surface area contributed by atoms with Gasteiger partial charge in [0.25, 0.3) is 0 Å². The number of likely N-dealkylation sites (N-methyl/N-ethyl adjacent to an activating group) is 1. The lowest BCUT2D eigenvalue weighted by Gasteiger charge is -2.20. The first-order valence-electron chi connectivity index (χ1n) is 6.16. The smallest absolute Gasteiger partial charge is 0.164 e. The third-order valence-electron chi connectivity index (χ3n) is 3.65. The Morgan fingerprint density at radius 1 is 1.00 bits per heavy atom. The Labute approximate surface area is 108 Å². The minimum atomic E-state index is 0.194. The van der Waals surface area contributed by atoms with Crippen molar-refractivity contribution in [1.29, 1.82) is 0 Å². The van der Waals surface area contributed by atoms with Crippen molar-refractivity contribution in [2.75, 3.05) is 34.9 Å². The predicted octanol–water partition coefficient (Wildman–Crippen LogP) is 1.96. The fraction of sp³-hybridized carbons (Fsp3) is 0.571. The van der Waals surface area contributed by atoms with Gasteiger partial charge >= 0.3 is 0 Å². The molecule has 1 aromatic carbocycles. The summed E-state index contributed by atoms with van der Waals surface area (Å²) in [7, 11) is 6.97. The van der Waals surface area contributed by atoms with Gasteiger partial charge in [0.2, 0.25) is 0 Å². The van der Waals surface area contributed by atoms with Gasteiger partial charge in [0.1, 0.15) is 5.75 Å². The molecule has 0 unspecified atom stereocenters. The maximum atomic E-state index is 5.50. The van der Waals surface area contributed by atoms with Crippen LogP contribution in [0.5, 0.6) is 17.2 Å². The van der Waals surface area contributed by atoms with Crippen molar-refractivity contribution in [3.8, 4) is 17.2 Å². The van der Waals surface area contributed by atoms with E-state index in [1.165, 1.54) is 18.4 Å². The normalized spacial score (nSPS) is 16.2. The van der Waals surface area contributed by atoms with E-state index in [0.717, 1.165) is 18.0 Å². The summed E-state index contributed by atoms with van der Waals surface area (Å²) in [4.78, 5) is 0. The first kappa shape index (κ1) is 13.0. The number of nitrogens with one attached hydrogen (secondary N) is 1. The van der Waals surface area contributed by atoms with Gasteiger partial charge in [-0.15, -0.1) is 0 Å². The molecule has 1 saturated carbocycles. The molecule has 1 aliphatic carbocycles. The summed E-state index contributed by atoms with van der Waals surface area (Å²) in [6.07, 6.45) is 2.36. The molecule has 0 spiro atoms. The summed E-state index contributed by atoms with van der Waals surface area (Å²) < 4.78 is 16.2. The van der Waals surface area contributed by atoms with Gasteiger partial charge in [-0.05, 0) is 26.0 Å². The summed E-state index contributed by atoms with van der Waals surface area (Å²) in [5, 5.41) is 3.26. The highest BCUT2D eigenvalue weighted by molar-refractivity contribution is 5.55. The molecule has 0 bridgehead atoms. The average molecular weight is 251 g/mol. The molecule has 1 N–H and O–H groups in total. The van der Waals surface area contributed by atoms with Crippen LogP contribution in [0.2, 0.25) is 0 Å². The second kappa shape index (κ2) is 5.06. The van der Waals surface area contributed by atoms with Gasteiger partial charge in [-0.3, -0.25) is 0 Å². The zero-order valence-corrected chi connectivity index (χ0v) is 11.5. The maximum absolute atomic E-state index is 5.50. The fourth-order valence-corrected chi connectivity index (χ4v) is 2.47. The van der Waals surface area contributed by atoms with Crippen molar-refractivity contribution in [1.82, 2.24) is 5.32 Å². The van der Waals surface area contributed by atoms with E-state index in [4.69, 9.17) is 14.2 Å². The molecule has 0 aliphatic heterocycles. The van der Waals surface area contributed by atoms with Gasteiger partial charge in [0, 0.05) is 23.6 Å². The molecule has 4 heteroatoms. The fourth-order valence-electron chi connectivity index (χ4n) is 2.47. The minimum absolute atomic E-state index is 0.194. The Hall–Kier alpha value is -1.42. The molecule has 1 aromatic rings. The molecule has 0 radical (unpaired) electrons. The van der Waals surface area contributed by atoms with Gasteiger partial charge < -0.3 is 19.5 Å². The van der Waals surface area contributed by atoms with Crippen LogP contribution in [-0.4, -0.2) is 34.9 Å². The van der Waals surface area contributed by atoms with Crippen LogP contribution in [0.3, 0.4) is 0 Å². The molecule has 0 atom stereocenters. The van der Waals surface area contributed by atoms with E-state index in [2.05, 4.69) is 5.32 Å². The number of ether oxygens (including phenoxy) is 3. The van der Waals surface area contributed by atoms with Crippen molar-refractivity contribution in [2.45, 2.75) is 18.3 Å². The van der Waals surface area contributed by atoms with Crippen molar-refractivity contribution < 1.29 is 14.2 Å². The van der Waals surface area contributed by atoms with Crippen molar-refractivity contribution in [3.63, 3.8) is 0 Å². The van der Waals surface area contributed by atoms with Crippen LogP contribution >= 0.6 is 0 Å². The summed E-state index contributed by atoms with van der Waals surface area (Å²) in [5.41, 5.74) is 1.40. The molecule has 0 saturated heterocycles. The summed E-state index contributed by atoms with van der Waals surface area (Å²) in [6, 6.07) is 3.95. The minimum Gasteiger partial charge on any atom is -0.496 e. The van der Waals surface area contributed by atoms with Gasteiger partial charge in [-0.25, -0.2) is 0 Å². The molecule has 0 aromatic heterocycles. The van der Waals surface area contributed by atoms with E-state index in [0.29, 0.717) is 5.75 Å². The Kier molecular flexibility index (Phi) is 3.66. The SMILES string of the molecule is CNCC1(c2cc(OC)c(OC)cc2OC)CC1. The molecule has 100 valence electrons. The van der Waals surface area contributed by atoms with Crippen LogP contribution in [0.4, 0.5) is 0 Å². The van der Waals surface area contributed by atoms with Gasteiger partial charge in [-0.1, -0.05) is 0 Å². The molecule has 4 nitrogen and oxygen atoms in total. The molecule has 1 fully saturated rings. The van der Waals surface area contributed by atoms with Crippen LogP contribution in [0.1, 0.15) is 18.4 Å². The van der Waals surface area contributed by atoms with Crippen LogP contribution < -0.4 is 19.5 Å². The van der Waals surface area contributed by atoms with Crippen LogP contribution in [0.15, 0.2) is 12.1 Å². The number of benzene rings is 1. The monoisotopic (exact) mass is 251 g/mol. The third kappa shape index (κ3) is 2.12. The first-order chi connectivity index (χ1) is 8.70. The zero-order chi connectivity index (χ0) is 13.2. The van der Waals surface area contributed by atoms with E-state index in [9.17, 15) is 0 Å². The highest BCUT2D eigenvalue weighted by Crippen LogP contribution is 2.53.